The van der Waals surface area contributed by atoms with Crippen LogP contribution in [0.25, 0.3) is 11.2 Å². The van der Waals surface area contributed by atoms with Crippen LogP contribution in [0.5, 0.6) is 5.75 Å². The lowest BCUT2D eigenvalue weighted by atomic mass is 10.1. The van der Waals surface area contributed by atoms with Crippen molar-refractivity contribution in [2.45, 2.75) is 58.9 Å². The number of nitrogens with zero attached hydrogens (tertiary/aromatic N) is 4. The van der Waals surface area contributed by atoms with E-state index < -0.39 is 11.2 Å². The van der Waals surface area contributed by atoms with E-state index in [-0.39, 0.29) is 0 Å². The fraction of sp³-hybridized carbons (Fsp3) is 0.478. The number of benzene rings is 1. The first-order chi connectivity index (χ1) is 15.5. The maximum absolute atomic E-state index is 12.5. The number of rotatable bonds is 12. The molecule has 2 aromatic heterocycles. The number of hydrogen-bond acceptors (Lipinski definition) is 6. The molecule has 9 nitrogen and oxygen atoms in total. The second-order valence-corrected chi connectivity index (χ2v) is 7.72. The van der Waals surface area contributed by atoms with E-state index in [4.69, 9.17) is 4.74 Å². The van der Waals surface area contributed by atoms with Gasteiger partial charge in [0, 0.05) is 13.6 Å². The molecule has 9 heteroatoms. The third-order valence-electron chi connectivity index (χ3n) is 5.31. The average Bonchev–Trinajstić information content (AvgIpc) is 3.15. The summed E-state index contributed by atoms with van der Waals surface area (Å²) in [6.07, 6.45) is 8.47. The van der Waals surface area contributed by atoms with Crippen LogP contribution in [0.15, 0.2) is 39.0 Å². The molecule has 0 spiro atoms. The predicted molar refractivity (Wildman–Crippen MR) is 128 cm³/mol. The van der Waals surface area contributed by atoms with Gasteiger partial charge in [-0.05, 0) is 43.2 Å². The van der Waals surface area contributed by atoms with Crippen LogP contribution in [0.4, 0.5) is 5.95 Å². The number of aromatic nitrogens is 4. The van der Waals surface area contributed by atoms with E-state index in [2.05, 4.69) is 27.4 Å². The van der Waals surface area contributed by atoms with Crippen molar-refractivity contribution in [3.8, 4) is 5.75 Å². The molecule has 3 aromatic rings. The topological polar surface area (TPSA) is 106 Å². The highest BCUT2D eigenvalue weighted by Crippen LogP contribution is 2.17. The number of hydrazone groups is 1. The first-order valence-corrected chi connectivity index (χ1v) is 11.3. The van der Waals surface area contributed by atoms with Crippen LogP contribution in [-0.2, 0) is 13.6 Å². The van der Waals surface area contributed by atoms with Crippen LogP contribution in [0.2, 0.25) is 0 Å². The van der Waals surface area contributed by atoms with Gasteiger partial charge in [0.1, 0.15) is 5.75 Å². The standard InChI is InChI=1S/C23H32N6O3/c1-4-6-7-8-9-10-15-29-19-20(28(3)23(31)26-21(19)30)25-22(29)27-24-16-17-11-13-18(14-12-17)32-5-2/h11-14,16H,4-10,15H2,1-3H3,(H,25,27)(H,26,30,31)/b24-16+. The Labute approximate surface area is 187 Å². The van der Waals surface area contributed by atoms with Crippen molar-refractivity contribution in [3.05, 3.63) is 50.7 Å². The van der Waals surface area contributed by atoms with Gasteiger partial charge >= 0.3 is 5.69 Å². The SMILES string of the molecule is CCCCCCCCn1c(N/N=C/c2ccc(OCC)cc2)nc2c1c(=O)[nH]c(=O)n2C. The van der Waals surface area contributed by atoms with E-state index in [1.165, 1.54) is 23.8 Å². The van der Waals surface area contributed by atoms with Gasteiger partial charge in [-0.25, -0.2) is 10.2 Å². The van der Waals surface area contributed by atoms with Crippen LogP contribution in [0.3, 0.4) is 0 Å². The van der Waals surface area contributed by atoms with Crippen molar-refractivity contribution < 1.29 is 4.74 Å². The van der Waals surface area contributed by atoms with Crippen molar-refractivity contribution >= 4 is 23.3 Å². The summed E-state index contributed by atoms with van der Waals surface area (Å²) in [5, 5.41) is 4.30. The molecular weight excluding hydrogens is 408 g/mol. The zero-order chi connectivity index (χ0) is 22.9. The Hall–Kier alpha value is -3.36. The molecule has 0 amide bonds. The molecule has 0 bridgehead atoms. The minimum Gasteiger partial charge on any atom is -0.494 e. The molecule has 3 rings (SSSR count). The van der Waals surface area contributed by atoms with E-state index in [1.807, 2.05) is 35.8 Å². The van der Waals surface area contributed by atoms with Crippen molar-refractivity contribution in [3.63, 3.8) is 0 Å². The first-order valence-electron chi connectivity index (χ1n) is 11.3. The van der Waals surface area contributed by atoms with Crippen molar-refractivity contribution in [2.75, 3.05) is 12.0 Å². The third-order valence-corrected chi connectivity index (χ3v) is 5.31. The average molecular weight is 441 g/mol. The van der Waals surface area contributed by atoms with Gasteiger partial charge in [-0.1, -0.05) is 39.0 Å². The largest absolute Gasteiger partial charge is 0.494 e. The first kappa shape index (κ1) is 23.3. The molecule has 2 N–H and O–H groups in total. The van der Waals surface area contributed by atoms with Crippen LogP contribution in [0.1, 0.15) is 57.9 Å². The number of imidazole rings is 1. The summed E-state index contributed by atoms with van der Waals surface area (Å²) in [7, 11) is 1.59. The van der Waals surface area contributed by atoms with Crippen LogP contribution in [-0.4, -0.2) is 31.9 Å². The lowest BCUT2D eigenvalue weighted by molar-refractivity contribution is 0.340. The molecular formula is C23H32N6O3. The lowest BCUT2D eigenvalue weighted by Crippen LogP contribution is -2.29. The van der Waals surface area contributed by atoms with Gasteiger partial charge in [0.2, 0.25) is 5.95 Å². The third kappa shape index (κ3) is 5.66. The van der Waals surface area contributed by atoms with E-state index in [1.54, 1.807) is 13.3 Å². The van der Waals surface area contributed by atoms with Crippen LogP contribution >= 0.6 is 0 Å². The van der Waals surface area contributed by atoms with Gasteiger partial charge in [-0.2, -0.15) is 10.1 Å². The number of aryl methyl sites for hydroxylation is 2. The monoisotopic (exact) mass is 440 g/mol. The molecule has 1 aromatic carbocycles. The number of hydrogen-bond donors (Lipinski definition) is 2. The Morgan fingerprint density at radius 1 is 1.09 bits per heavy atom. The second-order valence-electron chi connectivity index (χ2n) is 7.72. The quantitative estimate of drug-likeness (QED) is 0.254. The van der Waals surface area contributed by atoms with Crippen LogP contribution < -0.4 is 21.4 Å². The fourth-order valence-electron chi connectivity index (χ4n) is 3.57. The number of H-pyrrole nitrogens is 1. The maximum atomic E-state index is 12.5. The normalized spacial score (nSPS) is 11.5. The molecule has 0 aliphatic rings. The molecule has 0 unspecified atom stereocenters. The molecule has 0 radical (unpaired) electrons. The smallest absolute Gasteiger partial charge is 0.329 e. The van der Waals surface area contributed by atoms with E-state index in [9.17, 15) is 9.59 Å². The predicted octanol–water partition coefficient (Wildman–Crippen LogP) is 3.63. The van der Waals surface area contributed by atoms with Gasteiger partial charge in [-0.3, -0.25) is 14.3 Å². The summed E-state index contributed by atoms with van der Waals surface area (Å²) in [6, 6.07) is 7.58. The summed E-state index contributed by atoms with van der Waals surface area (Å²) in [5.74, 6) is 1.24. The highest BCUT2D eigenvalue weighted by molar-refractivity contribution is 5.80. The molecule has 0 fully saturated rings. The molecule has 0 aliphatic carbocycles. The van der Waals surface area contributed by atoms with Crippen LogP contribution in [0, 0.1) is 0 Å². The molecule has 32 heavy (non-hydrogen) atoms. The van der Waals surface area contributed by atoms with Crippen molar-refractivity contribution in [1.82, 2.24) is 19.1 Å². The summed E-state index contributed by atoms with van der Waals surface area (Å²) < 4.78 is 8.60. The zero-order valence-electron chi connectivity index (χ0n) is 19.1. The molecule has 2 heterocycles. The van der Waals surface area contributed by atoms with Gasteiger partial charge in [0.05, 0.1) is 12.8 Å². The van der Waals surface area contributed by atoms with Crippen molar-refractivity contribution in [2.24, 2.45) is 12.1 Å². The number of anilines is 1. The number of aromatic amines is 1. The Morgan fingerprint density at radius 3 is 2.53 bits per heavy atom. The Bertz CT molecular complexity index is 1160. The van der Waals surface area contributed by atoms with E-state index >= 15 is 0 Å². The van der Waals surface area contributed by atoms with Crippen molar-refractivity contribution in [1.29, 1.82) is 0 Å². The number of ether oxygens (including phenoxy) is 1. The highest BCUT2D eigenvalue weighted by Gasteiger charge is 2.16. The Balaban J connectivity index is 1.81. The maximum Gasteiger partial charge on any atom is 0.329 e. The Morgan fingerprint density at radius 2 is 1.81 bits per heavy atom. The fourth-order valence-corrected chi connectivity index (χ4v) is 3.57. The van der Waals surface area contributed by atoms with Gasteiger partial charge in [-0.15, -0.1) is 0 Å². The summed E-state index contributed by atoms with van der Waals surface area (Å²) in [6.45, 7) is 5.37. The molecule has 0 saturated heterocycles. The molecule has 0 atom stereocenters. The second kappa shape index (κ2) is 11.3. The Kier molecular flexibility index (Phi) is 8.24. The minimum atomic E-state index is -0.490. The van der Waals surface area contributed by atoms with E-state index in [0.717, 1.165) is 30.6 Å². The molecule has 0 saturated carbocycles. The number of nitrogens with one attached hydrogen (secondary N) is 2. The molecule has 172 valence electrons. The van der Waals surface area contributed by atoms with Gasteiger partial charge in [0.15, 0.2) is 11.2 Å². The highest BCUT2D eigenvalue weighted by atomic mass is 16.5. The van der Waals surface area contributed by atoms with Gasteiger partial charge in [0.25, 0.3) is 5.56 Å². The van der Waals surface area contributed by atoms with Gasteiger partial charge < -0.3 is 9.30 Å². The lowest BCUT2D eigenvalue weighted by Gasteiger charge is -2.08. The summed E-state index contributed by atoms with van der Waals surface area (Å²) >= 11 is 0. The molecule has 0 aliphatic heterocycles. The zero-order valence-corrected chi connectivity index (χ0v) is 19.1. The minimum absolute atomic E-state index is 0.337. The number of unbranched alkanes of at least 4 members (excludes halogenated alkanes) is 5. The van der Waals surface area contributed by atoms with E-state index in [0.29, 0.717) is 30.3 Å². The number of fused-ring (bicyclic) bond motifs is 1. The summed E-state index contributed by atoms with van der Waals surface area (Å²) in [5.41, 5.74) is 3.62. The summed E-state index contributed by atoms with van der Waals surface area (Å²) in [4.78, 5) is 31.4.